The van der Waals surface area contributed by atoms with E-state index in [-0.39, 0.29) is 10.8 Å². The summed E-state index contributed by atoms with van der Waals surface area (Å²) < 4.78 is 27.5. The Labute approximate surface area is 121 Å². The summed E-state index contributed by atoms with van der Waals surface area (Å²) in [4.78, 5) is 12.0. The summed E-state index contributed by atoms with van der Waals surface area (Å²) in [6, 6.07) is 4.83. The molecular formula is C12H14N4O4S. The second-order valence-electron chi connectivity index (χ2n) is 4.42. The Morgan fingerprint density at radius 1 is 1.29 bits per heavy atom. The van der Waals surface area contributed by atoms with Gasteiger partial charge in [-0.3, -0.25) is 4.79 Å². The standard InChI is InChI=1S/C12H14N4O4S/c1-7(12-16-15-8(2)20-12)14-11(17)9-3-5-10(6-4-9)21(13,18)19/h3-7H,1-2H3,(H,14,17)(H2,13,18,19). The van der Waals surface area contributed by atoms with Crippen molar-refractivity contribution in [2.24, 2.45) is 5.14 Å². The van der Waals surface area contributed by atoms with Crippen LogP contribution in [-0.2, 0) is 10.0 Å². The summed E-state index contributed by atoms with van der Waals surface area (Å²) in [5.41, 5.74) is 0.297. The third-order valence-corrected chi connectivity index (χ3v) is 3.63. The van der Waals surface area contributed by atoms with Crippen LogP contribution in [0, 0.1) is 6.92 Å². The van der Waals surface area contributed by atoms with Crippen molar-refractivity contribution in [1.82, 2.24) is 15.5 Å². The second kappa shape index (κ2) is 5.62. The molecule has 1 aromatic heterocycles. The van der Waals surface area contributed by atoms with Gasteiger partial charge in [0, 0.05) is 12.5 Å². The first kappa shape index (κ1) is 15.1. The van der Waals surface area contributed by atoms with E-state index >= 15 is 0 Å². The molecule has 1 unspecified atom stereocenters. The Morgan fingerprint density at radius 2 is 1.90 bits per heavy atom. The van der Waals surface area contributed by atoms with Crippen LogP contribution in [0.3, 0.4) is 0 Å². The van der Waals surface area contributed by atoms with Gasteiger partial charge in [0.2, 0.25) is 21.8 Å². The lowest BCUT2D eigenvalue weighted by molar-refractivity contribution is 0.0934. The number of nitrogens with two attached hydrogens (primary N) is 1. The minimum absolute atomic E-state index is 0.0559. The highest BCUT2D eigenvalue weighted by Crippen LogP contribution is 2.13. The average Bonchev–Trinajstić information content (AvgIpc) is 2.84. The van der Waals surface area contributed by atoms with E-state index in [2.05, 4.69) is 15.5 Å². The Kier molecular flexibility index (Phi) is 4.05. The zero-order valence-electron chi connectivity index (χ0n) is 11.4. The van der Waals surface area contributed by atoms with Crippen LogP contribution in [0.25, 0.3) is 0 Å². The summed E-state index contributed by atoms with van der Waals surface area (Å²) in [5.74, 6) is 0.310. The zero-order chi connectivity index (χ0) is 15.6. The molecule has 2 rings (SSSR count). The van der Waals surface area contributed by atoms with E-state index in [1.165, 1.54) is 24.3 Å². The molecule has 0 spiro atoms. The fourth-order valence-corrected chi connectivity index (χ4v) is 2.14. The van der Waals surface area contributed by atoms with Crippen LogP contribution >= 0.6 is 0 Å². The van der Waals surface area contributed by atoms with Gasteiger partial charge in [-0.25, -0.2) is 13.6 Å². The molecule has 112 valence electrons. The minimum atomic E-state index is -3.77. The quantitative estimate of drug-likeness (QED) is 0.847. The van der Waals surface area contributed by atoms with Gasteiger partial charge in [-0.15, -0.1) is 10.2 Å². The summed E-state index contributed by atoms with van der Waals surface area (Å²) in [7, 11) is -3.77. The van der Waals surface area contributed by atoms with Gasteiger partial charge >= 0.3 is 0 Å². The number of rotatable bonds is 4. The zero-order valence-corrected chi connectivity index (χ0v) is 12.2. The van der Waals surface area contributed by atoms with Crippen molar-refractivity contribution in [2.75, 3.05) is 0 Å². The van der Waals surface area contributed by atoms with E-state index in [4.69, 9.17) is 9.56 Å². The molecule has 0 aliphatic rings. The fraction of sp³-hybridized carbons (Fsp3) is 0.250. The molecule has 21 heavy (non-hydrogen) atoms. The molecule has 0 aliphatic carbocycles. The lowest BCUT2D eigenvalue weighted by Crippen LogP contribution is -2.27. The number of sulfonamides is 1. The predicted octanol–water partition coefficient (Wildman–Crippen LogP) is 0.516. The molecule has 0 saturated heterocycles. The molecule has 1 heterocycles. The topological polar surface area (TPSA) is 128 Å². The van der Waals surface area contributed by atoms with Crippen molar-refractivity contribution in [3.63, 3.8) is 0 Å². The number of nitrogens with one attached hydrogen (secondary N) is 1. The Balaban J connectivity index is 2.10. The van der Waals surface area contributed by atoms with Crippen LogP contribution in [0.4, 0.5) is 0 Å². The predicted molar refractivity (Wildman–Crippen MR) is 72.7 cm³/mol. The number of carbonyl (C=O) groups excluding carboxylic acids is 1. The van der Waals surface area contributed by atoms with Gasteiger partial charge in [0.05, 0.1) is 4.90 Å². The van der Waals surface area contributed by atoms with Gasteiger partial charge in [0.25, 0.3) is 5.91 Å². The molecule has 2 aromatic rings. The molecule has 0 bridgehead atoms. The number of aromatic nitrogens is 2. The number of carbonyl (C=O) groups is 1. The van der Waals surface area contributed by atoms with Crippen molar-refractivity contribution in [1.29, 1.82) is 0 Å². The first-order chi connectivity index (χ1) is 9.77. The monoisotopic (exact) mass is 310 g/mol. The molecule has 0 radical (unpaired) electrons. The summed E-state index contributed by atoms with van der Waals surface area (Å²) in [5, 5.41) is 15.1. The van der Waals surface area contributed by atoms with Crippen LogP contribution in [-0.4, -0.2) is 24.5 Å². The van der Waals surface area contributed by atoms with E-state index < -0.39 is 16.1 Å². The number of hydrogen-bond donors (Lipinski definition) is 2. The first-order valence-electron chi connectivity index (χ1n) is 6.01. The number of nitrogens with zero attached hydrogens (tertiary/aromatic N) is 2. The third-order valence-electron chi connectivity index (χ3n) is 2.70. The van der Waals surface area contributed by atoms with Gasteiger partial charge < -0.3 is 9.73 Å². The largest absolute Gasteiger partial charge is 0.423 e. The number of primary sulfonamides is 1. The molecule has 1 aromatic carbocycles. The second-order valence-corrected chi connectivity index (χ2v) is 5.99. The van der Waals surface area contributed by atoms with Crippen LogP contribution in [0.2, 0.25) is 0 Å². The highest BCUT2D eigenvalue weighted by atomic mass is 32.2. The van der Waals surface area contributed by atoms with Crippen molar-refractivity contribution in [3.05, 3.63) is 41.6 Å². The summed E-state index contributed by atoms with van der Waals surface area (Å²) >= 11 is 0. The Morgan fingerprint density at radius 3 is 2.38 bits per heavy atom. The molecule has 9 heteroatoms. The van der Waals surface area contributed by atoms with Crippen molar-refractivity contribution < 1.29 is 17.6 Å². The maximum Gasteiger partial charge on any atom is 0.251 e. The van der Waals surface area contributed by atoms with Gasteiger partial charge in [0.1, 0.15) is 6.04 Å². The molecular weight excluding hydrogens is 296 g/mol. The Bertz CT molecular complexity index is 752. The van der Waals surface area contributed by atoms with Crippen molar-refractivity contribution in [3.8, 4) is 0 Å². The maximum absolute atomic E-state index is 12.0. The highest BCUT2D eigenvalue weighted by molar-refractivity contribution is 7.89. The number of hydrogen-bond acceptors (Lipinski definition) is 6. The van der Waals surface area contributed by atoms with Gasteiger partial charge in [-0.2, -0.15) is 0 Å². The molecule has 0 saturated carbocycles. The van der Waals surface area contributed by atoms with Gasteiger partial charge in [-0.1, -0.05) is 0 Å². The lowest BCUT2D eigenvalue weighted by Gasteiger charge is -2.10. The van der Waals surface area contributed by atoms with E-state index in [0.29, 0.717) is 17.3 Å². The number of benzene rings is 1. The first-order valence-corrected chi connectivity index (χ1v) is 7.56. The van der Waals surface area contributed by atoms with E-state index in [1.807, 2.05) is 0 Å². The van der Waals surface area contributed by atoms with Crippen LogP contribution in [0.5, 0.6) is 0 Å². The van der Waals surface area contributed by atoms with Crippen molar-refractivity contribution >= 4 is 15.9 Å². The van der Waals surface area contributed by atoms with Gasteiger partial charge in [0.15, 0.2) is 0 Å². The van der Waals surface area contributed by atoms with Crippen LogP contribution in [0.15, 0.2) is 33.6 Å². The Hall–Kier alpha value is -2.26. The van der Waals surface area contributed by atoms with E-state index in [9.17, 15) is 13.2 Å². The lowest BCUT2D eigenvalue weighted by atomic mass is 10.2. The average molecular weight is 310 g/mol. The normalized spacial score (nSPS) is 12.9. The maximum atomic E-state index is 12.0. The minimum Gasteiger partial charge on any atom is -0.423 e. The van der Waals surface area contributed by atoms with E-state index in [0.717, 1.165) is 0 Å². The van der Waals surface area contributed by atoms with Crippen LogP contribution < -0.4 is 10.5 Å². The number of amides is 1. The van der Waals surface area contributed by atoms with Crippen molar-refractivity contribution in [2.45, 2.75) is 24.8 Å². The molecule has 1 amide bonds. The summed E-state index contributed by atoms with van der Waals surface area (Å²) in [6.45, 7) is 3.35. The fourth-order valence-electron chi connectivity index (χ4n) is 1.62. The highest BCUT2D eigenvalue weighted by Gasteiger charge is 2.17. The summed E-state index contributed by atoms with van der Waals surface area (Å²) in [6.07, 6.45) is 0. The van der Waals surface area contributed by atoms with Gasteiger partial charge in [-0.05, 0) is 31.2 Å². The van der Waals surface area contributed by atoms with Crippen LogP contribution in [0.1, 0.15) is 35.1 Å². The van der Waals surface area contributed by atoms with E-state index in [1.54, 1.807) is 13.8 Å². The smallest absolute Gasteiger partial charge is 0.251 e. The SMILES string of the molecule is Cc1nnc(C(C)NC(=O)c2ccc(S(N)(=O)=O)cc2)o1. The molecule has 3 N–H and O–H groups in total. The molecule has 8 nitrogen and oxygen atoms in total. The molecule has 0 aliphatic heterocycles. The number of aryl methyl sites for hydroxylation is 1. The molecule has 0 fully saturated rings. The third kappa shape index (κ3) is 3.64. The molecule has 1 atom stereocenters.